The van der Waals surface area contributed by atoms with Crippen molar-refractivity contribution >= 4 is 5.97 Å². The molecule has 0 saturated carbocycles. The van der Waals surface area contributed by atoms with E-state index in [9.17, 15) is 4.79 Å². The number of ether oxygens (including phenoxy) is 1. The van der Waals surface area contributed by atoms with Crippen LogP contribution in [0.3, 0.4) is 0 Å². The predicted molar refractivity (Wildman–Crippen MR) is 44.7 cm³/mol. The summed E-state index contributed by atoms with van der Waals surface area (Å²) in [5, 5.41) is 8.66. The first-order valence-electron chi connectivity index (χ1n) is 3.53. The fraction of sp³-hybridized carbons (Fsp3) is 0.125. The minimum atomic E-state index is -1.16. The van der Waals surface area contributed by atoms with Gasteiger partial charge in [-0.3, -0.25) is 0 Å². The van der Waals surface area contributed by atoms with Gasteiger partial charge < -0.3 is 9.84 Å². The van der Waals surface area contributed by atoms with Crippen molar-refractivity contribution in [1.82, 2.24) is 9.97 Å². The van der Waals surface area contributed by atoms with Crippen LogP contribution in [0.1, 0.15) is 10.5 Å². The lowest BCUT2D eigenvalue weighted by Gasteiger charge is -2.02. The predicted octanol–water partition coefficient (Wildman–Crippen LogP) is 0.740. The zero-order valence-corrected chi connectivity index (χ0v) is 6.80. The van der Waals surface area contributed by atoms with E-state index in [4.69, 9.17) is 9.84 Å². The molecule has 0 saturated heterocycles. The topological polar surface area (TPSA) is 72.3 Å². The molecule has 0 amide bonds. The molecule has 0 spiro atoms. The average molecular weight is 180 g/mol. The van der Waals surface area contributed by atoms with Crippen molar-refractivity contribution in [1.29, 1.82) is 0 Å². The van der Waals surface area contributed by atoms with Gasteiger partial charge in [-0.1, -0.05) is 12.7 Å². The first-order chi connectivity index (χ1) is 6.25. The van der Waals surface area contributed by atoms with E-state index in [1.807, 2.05) is 0 Å². The number of aromatic carboxylic acids is 1. The highest BCUT2D eigenvalue weighted by Crippen LogP contribution is 2.10. The van der Waals surface area contributed by atoms with E-state index in [2.05, 4.69) is 16.5 Å². The summed E-state index contributed by atoms with van der Waals surface area (Å²) in [5.74, 6) is -1.15. The molecule has 0 bridgehead atoms. The maximum absolute atomic E-state index is 10.6. The number of carboxylic acids is 1. The van der Waals surface area contributed by atoms with Crippen LogP contribution in [-0.4, -0.2) is 27.7 Å². The van der Waals surface area contributed by atoms with Crippen molar-refractivity contribution in [3.8, 4) is 5.88 Å². The van der Waals surface area contributed by atoms with Gasteiger partial charge >= 0.3 is 5.97 Å². The third-order valence-corrected chi connectivity index (χ3v) is 1.21. The van der Waals surface area contributed by atoms with E-state index in [1.165, 1.54) is 18.5 Å². The van der Waals surface area contributed by atoms with Gasteiger partial charge in [0, 0.05) is 12.4 Å². The highest BCUT2D eigenvalue weighted by Gasteiger charge is 2.12. The van der Waals surface area contributed by atoms with Gasteiger partial charge in [0.1, 0.15) is 6.61 Å². The Labute approximate surface area is 74.7 Å². The fourth-order valence-electron chi connectivity index (χ4n) is 0.715. The molecule has 0 aliphatic carbocycles. The number of aromatic nitrogens is 2. The van der Waals surface area contributed by atoms with Crippen LogP contribution in [0, 0.1) is 0 Å². The smallest absolute Gasteiger partial charge is 0.360 e. The Balaban J connectivity index is 2.90. The van der Waals surface area contributed by atoms with Gasteiger partial charge in [0.15, 0.2) is 0 Å². The summed E-state index contributed by atoms with van der Waals surface area (Å²) in [6.07, 6.45) is 4.16. The minimum Gasteiger partial charge on any atom is -0.476 e. The second-order valence-electron chi connectivity index (χ2n) is 2.11. The van der Waals surface area contributed by atoms with Crippen molar-refractivity contribution in [2.75, 3.05) is 6.61 Å². The molecule has 5 heteroatoms. The third-order valence-electron chi connectivity index (χ3n) is 1.21. The molecule has 0 radical (unpaired) electrons. The van der Waals surface area contributed by atoms with E-state index >= 15 is 0 Å². The van der Waals surface area contributed by atoms with Crippen molar-refractivity contribution in [3.05, 3.63) is 30.7 Å². The van der Waals surface area contributed by atoms with Gasteiger partial charge in [0.25, 0.3) is 0 Å². The summed E-state index contributed by atoms with van der Waals surface area (Å²) in [6.45, 7) is 3.64. The molecular formula is C8H8N2O3. The van der Waals surface area contributed by atoms with Crippen LogP contribution in [0.5, 0.6) is 5.88 Å². The van der Waals surface area contributed by atoms with Crippen molar-refractivity contribution in [3.63, 3.8) is 0 Å². The van der Waals surface area contributed by atoms with Gasteiger partial charge in [0.05, 0.1) is 0 Å². The Morgan fingerprint density at radius 3 is 2.92 bits per heavy atom. The highest BCUT2D eigenvalue weighted by molar-refractivity contribution is 5.87. The maximum Gasteiger partial charge on any atom is 0.360 e. The standard InChI is InChI=1S/C8H8N2O3/c1-2-5-13-7-6(8(11)12)9-3-4-10-7/h2-4H,1,5H2,(H,11,12). The number of hydrogen-bond acceptors (Lipinski definition) is 4. The van der Waals surface area contributed by atoms with Crippen molar-refractivity contribution in [2.24, 2.45) is 0 Å². The fourth-order valence-corrected chi connectivity index (χ4v) is 0.715. The number of rotatable bonds is 4. The van der Waals surface area contributed by atoms with Gasteiger partial charge in [-0.2, -0.15) is 0 Å². The Hall–Kier alpha value is -1.91. The quantitative estimate of drug-likeness (QED) is 0.692. The molecular weight excluding hydrogens is 172 g/mol. The van der Waals surface area contributed by atoms with Crippen LogP contribution in [0.2, 0.25) is 0 Å². The van der Waals surface area contributed by atoms with Crippen molar-refractivity contribution in [2.45, 2.75) is 0 Å². The molecule has 0 unspecified atom stereocenters. The van der Waals surface area contributed by atoms with Crippen LogP contribution in [0.15, 0.2) is 25.0 Å². The Bertz CT molecular complexity index is 325. The second-order valence-corrected chi connectivity index (χ2v) is 2.11. The number of carboxylic acid groups (broad SMARTS) is 1. The molecule has 68 valence electrons. The van der Waals surface area contributed by atoms with E-state index in [0.29, 0.717) is 0 Å². The molecule has 1 heterocycles. The highest BCUT2D eigenvalue weighted by atomic mass is 16.5. The second kappa shape index (κ2) is 4.20. The van der Waals surface area contributed by atoms with Crippen LogP contribution in [0.25, 0.3) is 0 Å². The minimum absolute atomic E-state index is 0.00917. The van der Waals surface area contributed by atoms with Gasteiger partial charge in [-0.25, -0.2) is 14.8 Å². The summed E-state index contributed by atoms with van der Waals surface area (Å²) in [7, 11) is 0. The molecule has 1 N–H and O–H groups in total. The van der Waals surface area contributed by atoms with Gasteiger partial charge in [-0.15, -0.1) is 0 Å². The molecule has 0 atom stereocenters. The summed E-state index contributed by atoms with van der Waals surface area (Å²) >= 11 is 0. The summed E-state index contributed by atoms with van der Waals surface area (Å²) in [6, 6.07) is 0. The molecule has 1 aromatic rings. The molecule has 0 aromatic carbocycles. The van der Waals surface area contributed by atoms with Crippen LogP contribution in [-0.2, 0) is 0 Å². The first-order valence-corrected chi connectivity index (χ1v) is 3.53. The van der Waals surface area contributed by atoms with E-state index in [-0.39, 0.29) is 18.2 Å². The van der Waals surface area contributed by atoms with Crippen LogP contribution < -0.4 is 4.74 Å². The SMILES string of the molecule is C=CCOc1nccnc1C(=O)O. The third kappa shape index (κ3) is 2.26. The van der Waals surface area contributed by atoms with Gasteiger partial charge in [-0.05, 0) is 0 Å². The van der Waals surface area contributed by atoms with Crippen molar-refractivity contribution < 1.29 is 14.6 Å². The number of nitrogens with zero attached hydrogens (tertiary/aromatic N) is 2. The Morgan fingerprint density at radius 2 is 2.31 bits per heavy atom. The van der Waals surface area contributed by atoms with E-state index < -0.39 is 5.97 Å². The summed E-state index contributed by atoms with van der Waals surface area (Å²) in [5.41, 5.74) is -0.190. The normalized spacial score (nSPS) is 9.23. The molecule has 1 rings (SSSR count). The summed E-state index contributed by atoms with van der Waals surface area (Å²) in [4.78, 5) is 17.9. The lowest BCUT2D eigenvalue weighted by molar-refractivity contribution is 0.0685. The molecule has 0 aliphatic rings. The zero-order valence-electron chi connectivity index (χ0n) is 6.80. The molecule has 5 nitrogen and oxygen atoms in total. The summed E-state index contributed by atoms with van der Waals surface area (Å²) < 4.78 is 4.98. The number of hydrogen-bond donors (Lipinski definition) is 1. The lowest BCUT2D eigenvalue weighted by Crippen LogP contribution is -2.07. The number of carbonyl (C=O) groups is 1. The molecule has 13 heavy (non-hydrogen) atoms. The molecule has 0 aliphatic heterocycles. The van der Waals surface area contributed by atoms with E-state index in [1.54, 1.807) is 0 Å². The monoisotopic (exact) mass is 180 g/mol. The van der Waals surface area contributed by atoms with E-state index in [0.717, 1.165) is 0 Å². The maximum atomic E-state index is 10.6. The molecule has 0 fully saturated rings. The Kier molecular flexibility index (Phi) is 2.97. The largest absolute Gasteiger partial charge is 0.476 e. The van der Waals surface area contributed by atoms with Gasteiger partial charge in [0.2, 0.25) is 11.6 Å². The average Bonchev–Trinajstić information content (AvgIpc) is 2.15. The lowest BCUT2D eigenvalue weighted by atomic mass is 10.4. The molecule has 1 aromatic heterocycles. The van der Waals surface area contributed by atoms with Crippen LogP contribution in [0.4, 0.5) is 0 Å². The first kappa shape index (κ1) is 9.18. The zero-order chi connectivity index (χ0) is 9.68. The van der Waals surface area contributed by atoms with Crippen LogP contribution >= 0.6 is 0 Å². The Morgan fingerprint density at radius 1 is 1.62 bits per heavy atom.